The molecule has 3 aromatic carbocycles. The molecule has 0 saturated carbocycles. The average Bonchev–Trinajstić information content (AvgIpc) is 2.66. The van der Waals surface area contributed by atoms with E-state index in [0.717, 1.165) is 16.7 Å². The molecule has 0 aromatic heterocycles. The van der Waals surface area contributed by atoms with Gasteiger partial charge in [0.25, 0.3) is 0 Å². The van der Waals surface area contributed by atoms with Crippen LogP contribution >= 0.6 is 7.82 Å². The second-order valence-corrected chi connectivity index (χ2v) is 7.88. The Morgan fingerprint density at radius 1 is 0.897 bits per heavy atom. The van der Waals surface area contributed by atoms with Gasteiger partial charge in [0.2, 0.25) is 0 Å². The summed E-state index contributed by atoms with van der Waals surface area (Å²) in [6.45, 7) is 3.71. The van der Waals surface area contributed by atoms with Crippen molar-refractivity contribution in [1.82, 2.24) is 0 Å². The number of phosphoric acid groups is 1. The lowest BCUT2D eigenvalue weighted by molar-refractivity contribution is 0.104. The van der Waals surface area contributed by atoms with Crippen LogP contribution in [0.1, 0.15) is 27.0 Å². The van der Waals surface area contributed by atoms with Crippen LogP contribution in [0.2, 0.25) is 0 Å². The van der Waals surface area contributed by atoms with Gasteiger partial charge in [0.15, 0.2) is 5.78 Å². The van der Waals surface area contributed by atoms with Crippen molar-refractivity contribution in [3.8, 4) is 11.5 Å². The maximum Gasteiger partial charge on any atom is 0.584 e. The summed E-state index contributed by atoms with van der Waals surface area (Å²) in [7, 11) is -4.50. The van der Waals surface area contributed by atoms with E-state index in [2.05, 4.69) is 0 Å². The summed E-state index contributed by atoms with van der Waals surface area (Å²) in [6.07, 6.45) is 3.06. The number of aryl methyl sites for hydroxylation is 2. The van der Waals surface area contributed by atoms with Crippen molar-refractivity contribution in [2.45, 2.75) is 13.8 Å². The largest absolute Gasteiger partial charge is 0.584 e. The lowest BCUT2D eigenvalue weighted by Gasteiger charge is -2.16. The molecule has 3 rings (SSSR count). The number of rotatable bonds is 7. The van der Waals surface area contributed by atoms with Crippen LogP contribution in [0.4, 0.5) is 0 Å². The summed E-state index contributed by atoms with van der Waals surface area (Å²) in [6, 6.07) is 20.8. The van der Waals surface area contributed by atoms with Crippen LogP contribution in [-0.2, 0) is 4.57 Å². The Morgan fingerprint density at radius 3 is 2.21 bits per heavy atom. The summed E-state index contributed by atoms with van der Waals surface area (Å²) in [5.41, 5.74) is 2.81. The number of benzene rings is 3. The summed E-state index contributed by atoms with van der Waals surface area (Å²) >= 11 is 0. The molecule has 0 saturated heterocycles. The molecule has 0 radical (unpaired) electrons. The zero-order valence-corrected chi connectivity index (χ0v) is 17.0. The number of hydrogen-bond acceptors (Lipinski definition) is 4. The van der Waals surface area contributed by atoms with E-state index < -0.39 is 7.82 Å². The lowest BCUT2D eigenvalue weighted by atomic mass is 10.1. The first-order chi connectivity index (χ1) is 13.8. The molecule has 0 heterocycles. The molecule has 0 amide bonds. The summed E-state index contributed by atoms with van der Waals surface area (Å²) in [5.74, 6) is -0.151. The first kappa shape index (κ1) is 20.6. The fraction of sp³-hybridized carbons (Fsp3) is 0.0870. The normalized spacial score (nSPS) is 13.1. The van der Waals surface area contributed by atoms with Crippen molar-refractivity contribution in [2.75, 3.05) is 0 Å². The first-order valence-electron chi connectivity index (χ1n) is 8.99. The smallest absolute Gasteiger partial charge is 0.395 e. The molecule has 148 valence electrons. The van der Waals surface area contributed by atoms with E-state index in [1.54, 1.807) is 30.3 Å². The van der Waals surface area contributed by atoms with Gasteiger partial charge in [-0.25, -0.2) is 4.57 Å². The van der Waals surface area contributed by atoms with Crippen molar-refractivity contribution in [3.63, 3.8) is 0 Å². The average molecular weight is 408 g/mol. The van der Waals surface area contributed by atoms with Crippen molar-refractivity contribution in [1.29, 1.82) is 0 Å². The van der Waals surface area contributed by atoms with Crippen LogP contribution in [-0.4, -0.2) is 10.7 Å². The van der Waals surface area contributed by atoms with E-state index >= 15 is 0 Å². The Balaban J connectivity index is 1.80. The minimum atomic E-state index is -4.50. The quantitative estimate of drug-likeness (QED) is 0.306. The van der Waals surface area contributed by atoms with Gasteiger partial charge in [0.1, 0.15) is 11.5 Å². The van der Waals surface area contributed by atoms with Gasteiger partial charge < -0.3 is 9.05 Å². The highest BCUT2D eigenvalue weighted by Crippen LogP contribution is 2.45. The van der Waals surface area contributed by atoms with E-state index in [-0.39, 0.29) is 22.8 Å². The Labute approximate surface area is 169 Å². The van der Waals surface area contributed by atoms with Gasteiger partial charge in [-0.05, 0) is 60.9 Å². The van der Waals surface area contributed by atoms with E-state index in [0.29, 0.717) is 0 Å². The highest BCUT2D eigenvalue weighted by molar-refractivity contribution is 7.48. The Kier molecular flexibility index (Phi) is 6.32. The van der Waals surface area contributed by atoms with Crippen molar-refractivity contribution in [3.05, 3.63) is 101 Å². The monoisotopic (exact) mass is 408 g/mol. The van der Waals surface area contributed by atoms with Gasteiger partial charge in [-0.3, -0.25) is 9.69 Å². The topological polar surface area (TPSA) is 72.8 Å². The second kappa shape index (κ2) is 8.91. The van der Waals surface area contributed by atoms with E-state index in [9.17, 15) is 14.3 Å². The SMILES string of the molecule is Cc1cc(C)cc(OP(=O)(O)Oc2ccccc2C(=O)C=Cc2ccccc2)c1. The van der Waals surface area contributed by atoms with Crippen LogP contribution in [0, 0.1) is 13.8 Å². The molecule has 0 aliphatic carbocycles. The van der Waals surface area contributed by atoms with Crippen molar-refractivity contribution >= 4 is 19.7 Å². The zero-order chi connectivity index (χ0) is 20.9. The van der Waals surface area contributed by atoms with E-state index in [1.165, 1.54) is 18.2 Å². The number of hydrogen-bond donors (Lipinski definition) is 1. The molecule has 5 nitrogen and oxygen atoms in total. The maximum absolute atomic E-state index is 12.6. The Morgan fingerprint density at radius 2 is 1.52 bits per heavy atom. The molecule has 0 aliphatic rings. The molecule has 29 heavy (non-hydrogen) atoms. The number of ketones is 1. The van der Waals surface area contributed by atoms with Crippen LogP contribution in [0.3, 0.4) is 0 Å². The number of phosphoric ester groups is 1. The summed E-state index contributed by atoms with van der Waals surface area (Å²) < 4.78 is 22.9. The molecule has 0 bridgehead atoms. The molecule has 1 atom stereocenters. The van der Waals surface area contributed by atoms with Crippen LogP contribution in [0.15, 0.2) is 78.9 Å². The van der Waals surface area contributed by atoms with Crippen molar-refractivity contribution < 1.29 is 23.3 Å². The highest BCUT2D eigenvalue weighted by atomic mass is 31.2. The maximum atomic E-state index is 12.6. The molecule has 3 aromatic rings. The summed E-state index contributed by atoms with van der Waals surface area (Å²) in [4.78, 5) is 22.8. The fourth-order valence-corrected chi connectivity index (χ4v) is 3.65. The van der Waals surface area contributed by atoms with Crippen LogP contribution in [0.5, 0.6) is 11.5 Å². The van der Waals surface area contributed by atoms with Gasteiger partial charge in [0, 0.05) is 0 Å². The molecular weight excluding hydrogens is 387 g/mol. The third kappa shape index (κ3) is 5.92. The van der Waals surface area contributed by atoms with Crippen molar-refractivity contribution in [2.24, 2.45) is 0 Å². The Hall–Kier alpha value is -3.14. The molecule has 6 heteroatoms. The van der Waals surface area contributed by atoms with E-state index in [1.807, 2.05) is 50.2 Å². The van der Waals surface area contributed by atoms with Gasteiger partial charge in [-0.2, -0.15) is 0 Å². The Bertz CT molecular complexity index is 1070. The predicted octanol–water partition coefficient (Wildman–Crippen LogP) is 5.76. The molecule has 0 fully saturated rings. The second-order valence-electron chi connectivity index (χ2n) is 6.58. The van der Waals surface area contributed by atoms with E-state index in [4.69, 9.17) is 9.05 Å². The highest BCUT2D eigenvalue weighted by Gasteiger charge is 2.27. The van der Waals surface area contributed by atoms with Crippen LogP contribution in [0.25, 0.3) is 6.08 Å². The standard InChI is InChI=1S/C23H21O5P/c1-17-14-18(2)16-20(15-17)27-29(25,26)28-23-11-7-6-10-21(23)22(24)13-12-19-8-4-3-5-9-19/h3-16H,1-2H3,(H,25,26). The molecule has 1 N–H and O–H groups in total. The number of carbonyl (C=O) groups excluding carboxylic acids is 1. The third-order valence-corrected chi connectivity index (χ3v) is 4.88. The van der Waals surface area contributed by atoms with Gasteiger partial charge in [0.05, 0.1) is 5.56 Å². The molecule has 0 aliphatic heterocycles. The van der Waals surface area contributed by atoms with Crippen LogP contribution < -0.4 is 9.05 Å². The number of allylic oxidation sites excluding steroid dienone is 1. The minimum absolute atomic E-state index is 0.0228. The number of para-hydroxylation sites is 1. The molecule has 1 unspecified atom stereocenters. The summed E-state index contributed by atoms with van der Waals surface area (Å²) in [5, 5.41) is 0. The third-order valence-electron chi connectivity index (χ3n) is 4.01. The first-order valence-corrected chi connectivity index (χ1v) is 10.5. The molecule has 0 spiro atoms. The van der Waals surface area contributed by atoms with Gasteiger partial charge >= 0.3 is 7.82 Å². The zero-order valence-electron chi connectivity index (χ0n) is 16.1. The fourth-order valence-electron chi connectivity index (χ4n) is 2.84. The minimum Gasteiger partial charge on any atom is -0.395 e. The lowest BCUT2D eigenvalue weighted by Crippen LogP contribution is -2.04. The van der Waals surface area contributed by atoms with Gasteiger partial charge in [-0.1, -0.05) is 54.6 Å². The predicted molar refractivity (Wildman–Crippen MR) is 113 cm³/mol. The molecular formula is C23H21O5P. The number of carbonyl (C=O) groups is 1. The van der Waals surface area contributed by atoms with Gasteiger partial charge in [-0.15, -0.1) is 0 Å².